The van der Waals surface area contributed by atoms with E-state index in [1.807, 2.05) is 30.3 Å². The summed E-state index contributed by atoms with van der Waals surface area (Å²) in [5, 5.41) is 16.1. The van der Waals surface area contributed by atoms with Crippen LogP contribution in [0.25, 0.3) is 15.9 Å². The van der Waals surface area contributed by atoms with Crippen molar-refractivity contribution in [2.24, 2.45) is 5.10 Å². The summed E-state index contributed by atoms with van der Waals surface area (Å²) in [6.45, 7) is 0. The minimum absolute atomic E-state index is 0.0376. The van der Waals surface area contributed by atoms with E-state index in [0.29, 0.717) is 21.1 Å². The second-order valence-electron chi connectivity index (χ2n) is 8.16. The van der Waals surface area contributed by atoms with E-state index < -0.39 is 10.8 Å². The molecule has 1 N–H and O–H groups in total. The average Bonchev–Trinajstić information content (AvgIpc) is 3.27. The van der Waals surface area contributed by atoms with Gasteiger partial charge in [0.05, 0.1) is 33.5 Å². The molecule has 36 heavy (non-hydrogen) atoms. The zero-order chi connectivity index (χ0) is 25.1. The van der Waals surface area contributed by atoms with Crippen LogP contribution in [0.1, 0.15) is 28.8 Å². The topological polar surface area (TPSA) is 119 Å². The Bertz CT molecular complexity index is 1550. The summed E-state index contributed by atoms with van der Waals surface area (Å²) in [6.07, 6.45) is 5.26. The van der Waals surface area contributed by atoms with Gasteiger partial charge < -0.3 is 0 Å². The highest BCUT2D eigenvalue weighted by Gasteiger charge is 2.23. The number of fused-ring (bicyclic) bond motifs is 3. The van der Waals surface area contributed by atoms with Gasteiger partial charge in [0.1, 0.15) is 4.83 Å². The number of nitrogens with one attached hydrogen (secondary N) is 1. The molecular formula is C25H21N5O4S2. The number of thiophene rings is 1. The minimum Gasteiger partial charge on any atom is -0.272 e. The smallest absolute Gasteiger partial charge is 0.272 e. The van der Waals surface area contributed by atoms with Crippen molar-refractivity contribution in [2.45, 2.75) is 30.8 Å². The first-order chi connectivity index (χ1) is 17.5. The van der Waals surface area contributed by atoms with Crippen LogP contribution in [0.4, 0.5) is 5.69 Å². The predicted octanol–water partition coefficient (Wildman–Crippen LogP) is 4.48. The molecule has 11 heteroatoms. The third-order valence-electron chi connectivity index (χ3n) is 5.83. The Morgan fingerprint density at radius 1 is 1.17 bits per heavy atom. The lowest BCUT2D eigenvalue weighted by Crippen LogP contribution is -2.24. The Hall–Kier alpha value is -3.83. The van der Waals surface area contributed by atoms with Crippen LogP contribution in [0.2, 0.25) is 0 Å². The monoisotopic (exact) mass is 519 g/mol. The molecule has 9 nitrogen and oxygen atoms in total. The molecule has 2 aromatic heterocycles. The lowest BCUT2D eigenvalue weighted by atomic mass is 9.97. The molecule has 0 radical (unpaired) electrons. The molecule has 0 bridgehead atoms. The van der Waals surface area contributed by atoms with Crippen molar-refractivity contribution >= 4 is 51.1 Å². The number of amides is 1. The number of hydrogen-bond acceptors (Lipinski definition) is 8. The lowest BCUT2D eigenvalue weighted by Gasteiger charge is -2.13. The summed E-state index contributed by atoms with van der Waals surface area (Å²) >= 11 is 2.71. The maximum atomic E-state index is 13.7. The Labute approximate surface area is 214 Å². The van der Waals surface area contributed by atoms with Gasteiger partial charge in [-0.15, -0.1) is 11.3 Å². The van der Waals surface area contributed by atoms with Crippen LogP contribution in [0.3, 0.4) is 0 Å². The van der Waals surface area contributed by atoms with E-state index in [0.717, 1.165) is 43.0 Å². The van der Waals surface area contributed by atoms with Gasteiger partial charge in [-0.2, -0.15) is 5.10 Å². The first-order valence-corrected chi connectivity index (χ1v) is 13.1. The third-order valence-corrected chi connectivity index (χ3v) is 7.96. The fourth-order valence-electron chi connectivity index (χ4n) is 4.19. The van der Waals surface area contributed by atoms with Crippen LogP contribution < -0.4 is 11.0 Å². The highest BCUT2D eigenvalue weighted by Crippen LogP contribution is 2.35. The van der Waals surface area contributed by atoms with Crippen molar-refractivity contribution < 1.29 is 9.72 Å². The van der Waals surface area contributed by atoms with Gasteiger partial charge in [0.15, 0.2) is 5.16 Å². The van der Waals surface area contributed by atoms with Gasteiger partial charge in [0.25, 0.3) is 17.2 Å². The molecule has 4 aromatic rings. The number of nitrogens with zero attached hydrogens (tertiary/aromatic N) is 4. The molecule has 0 atom stereocenters. The van der Waals surface area contributed by atoms with E-state index in [2.05, 4.69) is 10.5 Å². The van der Waals surface area contributed by atoms with Crippen LogP contribution in [0.5, 0.6) is 0 Å². The standard InChI is InChI=1S/C25H21N5O4S2/c31-21(28-26-14-16-8-4-6-12-19(16)30(33)34)15-35-25-27-23-22(18-11-5-7-13-20(18)36-23)24(32)29(25)17-9-2-1-3-10-17/h1-4,6,8-10,12,14H,5,7,11,13,15H2,(H,28,31)/b26-14-. The van der Waals surface area contributed by atoms with Gasteiger partial charge in [0, 0.05) is 10.9 Å². The van der Waals surface area contributed by atoms with E-state index in [9.17, 15) is 19.7 Å². The van der Waals surface area contributed by atoms with Crippen molar-refractivity contribution in [3.63, 3.8) is 0 Å². The van der Waals surface area contributed by atoms with Gasteiger partial charge in [-0.05, 0) is 49.4 Å². The highest BCUT2D eigenvalue weighted by atomic mass is 32.2. The molecule has 2 heterocycles. The third kappa shape index (κ3) is 4.79. The number of carbonyl (C=O) groups is 1. The number of aryl methyl sites for hydroxylation is 2. The number of benzene rings is 2. The van der Waals surface area contributed by atoms with Gasteiger partial charge in [-0.3, -0.25) is 24.3 Å². The maximum absolute atomic E-state index is 13.7. The summed E-state index contributed by atoms with van der Waals surface area (Å²) in [5.41, 5.74) is 4.24. The molecule has 0 unspecified atom stereocenters. The van der Waals surface area contributed by atoms with Crippen LogP contribution in [-0.4, -0.2) is 32.3 Å². The van der Waals surface area contributed by atoms with Crippen molar-refractivity contribution in [3.8, 4) is 5.69 Å². The molecule has 1 amide bonds. The second-order valence-corrected chi connectivity index (χ2v) is 10.2. The Balaban J connectivity index is 1.40. The number of carbonyl (C=O) groups excluding carboxylic acids is 1. The van der Waals surface area contributed by atoms with Gasteiger partial charge in [-0.25, -0.2) is 10.4 Å². The number of nitro benzene ring substituents is 1. The van der Waals surface area contributed by atoms with E-state index in [-0.39, 0.29) is 22.6 Å². The molecule has 182 valence electrons. The van der Waals surface area contributed by atoms with Gasteiger partial charge in [0.2, 0.25) is 0 Å². The quantitative estimate of drug-likeness (QED) is 0.126. The minimum atomic E-state index is -0.508. The Kier molecular flexibility index (Phi) is 6.92. The summed E-state index contributed by atoms with van der Waals surface area (Å²) in [5.74, 6) is -0.460. The zero-order valence-electron chi connectivity index (χ0n) is 19.0. The Morgan fingerprint density at radius 3 is 2.72 bits per heavy atom. The molecule has 0 aliphatic heterocycles. The maximum Gasteiger partial charge on any atom is 0.278 e. The SMILES string of the molecule is O=C(CSc1nc2sc3c(c2c(=O)n1-c1ccccc1)CCCC3)N/N=C\c1ccccc1[N+](=O)[O-]. The lowest BCUT2D eigenvalue weighted by molar-refractivity contribution is -0.385. The number of hydrogen-bond donors (Lipinski definition) is 1. The van der Waals surface area contributed by atoms with Crippen LogP contribution >= 0.6 is 23.1 Å². The normalized spacial score (nSPS) is 13.1. The number of thioether (sulfide) groups is 1. The van der Waals surface area contributed by atoms with Gasteiger partial charge >= 0.3 is 0 Å². The van der Waals surface area contributed by atoms with E-state index in [4.69, 9.17) is 4.98 Å². The van der Waals surface area contributed by atoms with E-state index >= 15 is 0 Å². The summed E-state index contributed by atoms with van der Waals surface area (Å²) < 4.78 is 1.57. The first kappa shape index (κ1) is 23.9. The number of para-hydroxylation sites is 2. The largest absolute Gasteiger partial charge is 0.278 e. The molecule has 1 aliphatic rings. The summed E-state index contributed by atoms with van der Waals surface area (Å²) in [7, 11) is 0. The second kappa shape index (κ2) is 10.4. The van der Waals surface area contributed by atoms with Crippen LogP contribution in [0.15, 0.2) is 69.6 Å². The number of aromatic nitrogens is 2. The number of rotatable bonds is 7. The fourth-order valence-corrected chi connectivity index (χ4v) is 6.29. The molecule has 1 aliphatic carbocycles. The summed E-state index contributed by atoms with van der Waals surface area (Å²) in [4.78, 5) is 43.5. The number of hydrazone groups is 1. The Morgan fingerprint density at radius 2 is 1.92 bits per heavy atom. The molecule has 0 saturated heterocycles. The van der Waals surface area contributed by atoms with Crippen LogP contribution in [0, 0.1) is 10.1 Å². The zero-order valence-corrected chi connectivity index (χ0v) is 20.7. The van der Waals surface area contributed by atoms with Crippen LogP contribution in [-0.2, 0) is 17.6 Å². The van der Waals surface area contributed by atoms with Crippen molar-refractivity contribution in [2.75, 3.05) is 5.75 Å². The molecule has 5 rings (SSSR count). The molecule has 2 aromatic carbocycles. The highest BCUT2D eigenvalue weighted by molar-refractivity contribution is 7.99. The van der Waals surface area contributed by atoms with Gasteiger partial charge in [-0.1, -0.05) is 42.1 Å². The van der Waals surface area contributed by atoms with Crippen molar-refractivity contribution in [3.05, 3.63) is 91.1 Å². The first-order valence-electron chi connectivity index (χ1n) is 11.3. The average molecular weight is 520 g/mol. The van der Waals surface area contributed by atoms with E-state index in [1.54, 1.807) is 34.1 Å². The predicted molar refractivity (Wildman–Crippen MR) is 141 cm³/mol. The fraction of sp³-hybridized carbons (Fsp3) is 0.200. The molecule has 0 spiro atoms. The number of nitro groups is 1. The molecular weight excluding hydrogens is 498 g/mol. The van der Waals surface area contributed by atoms with Crippen molar-refractivity contribution in [1.82, 2.24) is 15.0 Å². The van der Waals surface area contributed by atoms with E-state index in [1.165, 1.54) is 17.2 Å². The summed E-state index contributed by atoms with van der Waals surface area (Å²) in [6, 6.07) is 15.4. The van der Waals surface area contributed by atoms with Crippen molar-refractivity contribution in [1.29, 1.82) is 0 Å². The molecule has 0 saturated carbocycles. The molecule has 0 fully saturated rings.